The average molecular weight is 145 g/mol. The lowest BCUT2D eigenvalue weighted by Crippen LogP contribution is -2.46. The largest absolute Gasteiger partial charge is 0.394 e. The highest BCUT2D eigenvalue weighted by atomic mass is 16.3. The van der Waals surface area contributed by atoms with Crippen LogP contribution in [-0.4, -0.2) is 35.5 Å². The van der Waals surface area contributed by atoms with E-state index in [9.17, 15) is 0 Å². The molecule has 3 N–H and O–H groups in total. The molecule has 0 bridgehead atoms. The average Bonchev–Trinajstić information content (AvgIpc) is 2.33. The van der Waals surface area contributed by atoms with Crippen LogP contribution in [0.5, 0.6) is 0 Å². The highest BCUT2D eigenvalue weighted by Gasteiger charge is 2.35. The van der Waals surface area contributed by atoms with E-state index >= 15 is 0 Å². The molecule has 60 valence electrons. The van der Waals surface area contributed by atoms with Crippen LogP contribution in [0.15, 0.2) is 0 Å². The van der Waals surface area contributed by atoms with Gasteiger partial charge in [-0.25, -0.2) is 0 Å². The Hall–Kier alpha value is -0.120. The summed E-state index contributed by atoms with van der Waals surface area (Å²) >= 11 is 0. The van der Waals surface area contributed by atoms with Gasteiger partial charge in [0.2, 0.25) is 0 Å². The van der Waals surface area contributed by atoms with E-state index in [2.05, 4.69) is 12.2 Å². The second-order valence-electron chi connectivity index (χ2n) is 3.29. The molecular weight excluding hydrogens is 130 g/mol. The van der Waals surface area contributed by atoms with E-state index < -0.39 is 0 Å². The fourth-order valence-corrected chi connectivity index (χ4v) is 1.49. The molecule has 1 saturated heterocycles. The maximum Gasteiger partial charge on any atom is 0.0651 e. The lowest BCUT2D eigenvalue weighted by Gasteiger charge is -2.23. The molecule has 1 fully saturated rings. The molecule has 0 spiro atoms. The van der Waals surface area contributed by atoms with Gasteiger partial charge in [-0.05, 0) is 18.9 Å². The van der Waals surface area contributed by atoms with Crippen molar-refractivity contribution in [1.82, 2.24) is 5.32 Å². The third-order valence-electron chi connectivity index (χ3n) is 2.17. The van der Waals surface area contributed by atoms with E-state index in [4.69, 9.17) is 10.2 Å². The van der Waals surface area contributed by atoms with Crippen molar-refractivity contribution in [2.24, 2.45) is 5.92 Å². The molecular formula is C7H15NO2. The first-order valence-electron chi connectivity index (χ1n) is 3.69. The summed E-state index contributed by atoms with van der Waals surface area (Å²) in [6, 6.07) is 0. The van der Waals surface area contributed by atoms with Gasteiger partial charge < -0.3 is 15.5 Å². The lowest BCUT2D eigenvalue weighted by molar-refractivity contribution is 0.104. The number of nitrogens with one attached hydrogen (secondary N) is 1. The first-order valence-corrected chi connectivity index (χ1v) is 3.69. The zero-order valence-electron chi connectivity index (χ0n) is 6.30. The van der Waals surface area contributed by atoms with Crippen LogP contribution in [0.25, 0.3) is 0 Å². The molecule has 1 aliphatic rings. The summed E-state index contributed by atoms with van der Waals surface area (Å²) < 4.78 is 0. The van der Waals surface area contributed by atoms with Gasteiger partial charge in [-0.3, -0.25) is 0 Å². The Morgan fingerprint density at radius 1 is 1.50 bits per heavy atom. The van der Waals surface area contributed by atoms with Crippen LogP contribution in [0.4, 0.5) is 0 Å². The molecule has 1 aliphatic heterocycles. The predicted molar refractivity (Wildman–Crippen MR) is 38.7 cm³/mol. The zero-order valence-corrected chi connectivity index (χ0v) is 6.30. The summed E-state index contributed by atoms with van der Waals surface area (Å²) in [7, 11) is 0. The van der Waals surface area contributed by atoms with E-state index in [1.807, 2.05) is 0 Å². The van der Waals surface area contributed by atoms with Crippen LogP contribution in [0, 0.1) is 5.92 Å². The standard InChI is InChI=1S/C7H15NO2/c1-6-2-7(4-9,5-10)8-3-6/h6,8-10H,2-5H2,1H3. The first-order chi connectivity index (χ1) is 4.72. The first kappa shape index (κ1) is 7.98. The smallest absolute Gasteiger partial charge is 0.0651 e. The Labute approximate surface area is 61.1 Å². The minimum absolute atomic E-state index is 0.0356. The molecule has 1 heterocycles. The second-order valence-corrected chi connectivity index (χ2v) is 3.29. The third-order valence-corrected chi connectivity index (χ3v) is 2.17. The molecule has 0 aromatic carbocycles. The Kier molecular flexibility index (Phi) is 2.28. The fraction of sp³-hybridized carbons (Fsp3) is 1.00. The fourth-order valence-electron chi connectivity index (χ4n) is 1.49. The number of rotatable bonds is 2. The SMILES string of the molecule is CC1CNC(CO)(CO)C1. The minimum Gasteiger partial charge on any atom is -0.394 e. The Morgan fingerprint density at radius 3 is 2.30 bits per heavy atom. The summed E-state index contributed by atoms with van der Waals surface area (Å²) in [5, 5.41) is 20.9. The molecule has 3 nitrogen and oxygen atoms in total. The zero-order chi connectivity index (χ0) is 7.61. The molecule has 0 aromatic heterocycles. The lowest BCUT2D eigenvalue weighted by atomic mass is 9.96. The summed E-state index contributed by atoms with van der Waals surface area (Å²) in [4.78, 5) is 0. The van der Waals surface area contributed by atoms with Crippen molar-refractivity contribution >= 4 is 0 Å². The van der Waals surface area contributed by atoms with Crippen molar-refractivity contribution in [2.45, 2.75) is 18.9 Å². The van der Waals surface area contributed by atoms with Crippen molar-refractivity contribution in [3.63, 3.8) is 0 Å². The summed E-state index contributed by atoms with van der Waals surface area (Å²) in [6.07, 6.45) is 0.875. The van der Waals surface area contributed by atoms with Gasteiger partial charge in [0, 0.05) is 0 Å². The van der Waals surface area contributed by atoms with Crippen molar-refractivity contribution < 1.29 is 10.2 Å². The summed E-state index contributed by atoms with van der Waals surface area (Å²) in [6.45, 7) is 3.09. The highest BCUT2D eigenvalue weighted by Crippen LogP contribution is 2.22. The van der Waals surface area contributed by atoms with Crippen LogP contribution in [0.1, 0.15) is 13.3 Å². The Balaban J connectivity index is 2.51. The predicted octanol–water partition coefficient (Wildman–Crippen LogP) is -0.661. The molecule has 0 aromatic rings. The van der Waals surface area contributed by atoms with Gasteiger partial charge in [-0.15, -0.1) is 0 Å². The van der Waals surface area contributed by atoms with Crippen LogP contribution < -0.4 is 5.32 Å². The topological polar surface area (TPSA) is 52.5 Å². The van der Waals surface area contributed by atoms with E-state index in [-0.39, 0.29) is 18.8 Å². The van der Waals surface area contributed by atoms with Crippen molar-refractivity contribution in [2.75, 3.05) is 19.8 Å². The maximum atomic E-state index is 8.91. The molecule has 1 atom stereocenters. The Bertz CT molecular complexity index is 112. The van der Waals surface area contributed by atoms with Gasteiger partial charge >= 0.3 is 0 Å². The van der Waals surface area contributed by atoms with Gasteiger partial charge in [0.1, 0.15) is 0 Å². The minimum atomic E-state index is -0.389. The van der Waals surface area contributed by atoms with E-state index in [0.717, 1.165) is 13.0 Å². The molecule has 0 saturated carbocycles. The number of hydrogen-bond acceptors (Lipinski definition) is 3. The molecule has 1 unspecified atom stereocenters. The van der Waals surface area contributed by atoms with E-state index in [1.54, 1.807) is 0 Å². The van der Waals surface area contributed by atoms with Crippen molar-refractivity contribution in [1.29, 1.82) is 0 Å². The second kappa shape index (κ2) is 2.86. The molecule has 0 amide bonds. The van der Waals surface area contributed by atoms with Crippen LogP contribution in [-0.2, 0) is 0 Å². The Morgan fingerprint density at radius 2 is 2.10 bits per heavy atom. The molecule has 1 rings (SSSR count). The van der Waals surface area contributed by atoms with Gasteiger partial charge in [0.05, 0.1) is 18.8 Å². The number of aliphatic hydroxyl groups is 2. The molecule has 0 aliphatic carbocycles. The van der Waals surface area contributed by atoms with Crippen LogP contribution in [0.2, 0.25) is 0 Å². The highest BCUT2D eigenvalue weighted by molar-refractivity contribution is 4.94. The monoisotopic (exact) mass is 145 g/mol. The molecule has 3 heteroatoms. The van der Waals surface area contributed by atoms with Gasteiger partial charge in [0.25, 0.3) is 0 Å². The number of hydrogen-bond donors (Lipinski definition) is 3. The summed E-state index contributed by atoms with van der Waals surface area (Å²) in [5.74, 6) is 0.569. The van der Waals surface area contributed by atoms with Crippen molar-refractivity contribution in [3.8, 4) is 0 Å². The maximum absolute atomic E-state index is 8.91. The molecule has 10 heavy (non-hydrogen) atoms. The van der Waals surface area contributed by atoms with Gasteiger partial charge in [0.15, 0.2) is 0 Å². The van der Waals surface area contributed by atoms with Gasteiger partial charge in [-0.1, -0.05) is 6.92 Å². The van der Waals surface area contributed by atoms with E-state index in [1.165, 1.54) is 0 Å². The third kappa shape index (κ3) is 1.31. The van der Waals surface area contributed by atoms with Crippen LogP contribution in [0.3, 0.4) is 0 Å². The van der Waals surface area contributed by atoms with E-state index in [0.29, 0.717) is 5.92 Å². The number of aliphatic hydroxyl groups excluding tert-OH is 2. The summed E-state index contributed by atoms with van der Waals surface area (Å²) in [5.41, 5.74) is -0.389. The van der Waals surface area contributed by atoms with Crippen molar-refractivity contribution in [3.05, 3.63) is 0 Å². The van der Waals surface area contributed by atoms with Gasteiger partial charge in [-0.2, -0.15) is 0 Å². The normalized spacial score (nSPS) is 30.9. The quantitative estimate of drug-likeness (QED) is 0.483. The van der Waals surface area contributed by atoms with Crippen LogP contribution >= 0.6 is 0 Å². The molecule has 0 radical (unpaired) electrons.